The Labute approximate surface area is 122 Å². The topological polar surface area (TPSA) is 89.3 Å². The van der Waals surface area contributed by atoms with Crippen molar-refractivity contribution in [2.75, 3.05) is 24.2 Å². The molecule has 1 saturated carbocycles. The third kappa shape index (κ3) is 3.40. The predicted molar refractivity (Wildman–Crippen MR) is 79.1 cm³/mol. The van der Waals surface area contributed by atoms with Crippen LogP contribution in [-0.2, 0) is 4.74 Å². The van der Waals surface area contributed by atoms with Crippen molar-refractivity contribution < 1.29 is 9.53 Å². The van der Waals surface area contributed by atoms with Crippen LogP contribution in [0.2, 0.25) is 0 Å². The Bertz CT molecular complexity index is 481. The zero-order chi connectivity index (χ0) is 13.9. The van der Waals surface area contributed by atoms with Crippen molar-refractivity contribution in [2.24, 2.45) is 0 Å². The van der Waals surface area contributed by atoms with Crippen LogP contribution in [0.5, 0.6) is 0 Å². The van der Waals surface area contributed by atoms with Crippen LogP contribution in [0.1, 0.15) is 41.8 Å². The van der Waals surface area contributed by atoms with Gasteiger partial charge in [-0.2, -0.15) is 0 Å². The summed E-state index contributed by atoms with van der Waals surface area (Å²) >= 11 is 1.32. The molecule has 0 spiro atoms. The van der Waals surface area contributed by atoms with E-state index >= 15 is 0 Å². The summed E-state index contributed by atoms with van der Waals surface area (Å²) < 4.78 is 5.59. The molecule has 4 N–H and O–H groups in total. The number of thiazole rings is 1. The third-order valence-electron chi connectivity index (χ3n) is 3.53. The average Bonchev–Trinajstić information content (AvgIpc) is 3.19. The average molecular weight is 296 g/mol. The molecule has 1 amide bonds. The summed E-state index contributed by atoms with van der Waals surface area (Å²) in [5.41, 5.74) is 5.81. The molecule has 1 aromatic heterocycles. The van der Waals surface area contributed by atoms with E-state index in [1.165, 1.54) is 30.6 Å². The lowest BCUT2D eigenvalue weighted by atomic mass is 10.1. The lowest BCUT2D eigenvalue weighted by Crippen LogP contribution is -2.35. The third-order valence-corrected chi connectivity index (χ3v) is 4.53. The highest BCUT2D eigenvalue weighted by Gasteiger charge is 2.24. The number of carbonyl (C=O) groups is 1. The van der Waals surface area contributed by atoms with Gasteiger partial charge in [0.15, 0.2) is 5.13 Å². The van der Waals surface area contributed by atoms with Crippen molar-refractivity contribution in [3.05, 3.63) is 4.88 Å². The molecule has 1 aliphatic carbocycles. The van der Waals surface area contributed by atoms with Gasteiger partial charge in [0.2, 0.25) is 0 Å². The second kappa shape index (κ2) is 5.97. The van der Waals surface area contributed by atoms with Crippen molar-refractivity contribution in [3.8, 4) is 0 Å². The van der Waals surface area contributed by atoms with Crippen LogP contribution >= 0.6 is 11.3 Å². The number of hydrogen-bond donors (Lipinski definition) is 3. The minimum atomic E-state index is -0.155. The minimum absolute atomic E-state index is 0.130. The Morgan fingerprint density at radius 3 is 2.95 bits per heavy atom. The molecule has 1 saturated heterocycles. The molecule has 110 valence electrons. The summed E-state index contributed by atoms with van der Waals surface area (Å²) in [7, 11) is 0. The van der Waals surface area contributed by atoms with Crippen molar-refractivity contribution in [1.82, 2.24) is 10.3 Å². The van der Waals surface area contributed by atoms with E-state index in [1.807, 2.05) is 0 Å². The van der Waals surface area contributed by atoms with Crippen LogP contribution in [0, 0.1) is 0 Å². The van der Waals surface area contributed by atoms with Gasteiger partial charge in [-0.3, -0.25) is 4.79 Å². The predicted octanol–water partition coefficient (Wildman–Crippen LogP) is 1.60. The van der Waals surface area contributed by atoms with Crippen molar-refractivity contribution in [2.45, 2.75) is 44.2 Å². The standard InChI is InChI=1S/C13H20N4O2S/c14-11-10(20-13(17-11)16-8-4-5-8)12(18)15-7-9-3-1-2-6-19-9/h8-9H,1-7,14H2,(H,15,18)(H,16,17). The van der Waals surface area contributed by atoms with Gasteiger partial charge in [-0.25, -0.2) is 4.98 Å². The summed E-state index contributed by atoms with van der Waals surface area (Å²) in [5.74, 6) is 0.151. The molecule has 0 bridgehead atoms. The van der Waals surface area contributed by atoms with Crippen molar-refractivity contribution >= 4 is 28.2 Å². The summed E-state index contributed by atoms with van der Waals surface area (Å²) in [6, 6.07) is 0.507. The molecule has 1 aromatic rings. The number of hydrogen-bond acceptors (Lipinski definition) is 6. The monoisotopic (exact) mass is 296 g/mol. The van der Waals surface area contributed by atoms with Crippen LogP contribution < -0.4 is 16.4 Å². The molecule has 2 fully saturated rings. The molecule has 20 heavy (non-hydrogen) atoms. The molecule has 1 unspecified atom stereocenters. The molecule has 7 heteroatoms. The normalized spacial score (nSPS) is 22.5. The summed E-state index contributed by atoms with van der Waals surface area (Å²) in [6.45, 7) is 1.33. The summed E-state index contributed by atoms with van der Waals surface area (Å²) in [6.07, 6.45) is 5.75. The van der Waals surface area contributed by atoms with Gasteiger partial charge in [0.25, 0.3) is 5.91 Å². The Morgan fingerprint density at radius 2 is 2.25 bits per heavy atom. The van der Waals surface area contributed by atoms with Crippen LogP contribution in [0.25, 0.3) is 0 Å². The van der Waals surface area contributed by atoms with Gasteiger partial charge in [-0.05, 0) is 32.1 Å². The zero-order valence-electron chi connectivity index (χ0n) is 11.4. The second-order valence-corrected chi connectivity index (χ2v) is 6.35. The number of anilines is 2. The number of aromatic nitrogens is 1. The zero-order valence-corrected chi connectivity index (χ0v) is 12.2. The minimum Gasteiger partial charge on any atom is -0.382 e. The quantitative estimate of drug-likeness (QED) is 0.768. The molecule has 0 radical (unpaired) electrons. The Morgan fingerprint density at radius 1 is 1.40 bits per heavy atom. The van der Waals surface area contributed by atoms with Gasteiger partial charge in [-0.15, -0.1) is 0 Å². The number of ether oxygens (including phenoxy) is 1. The number of nitrogens with one attached hydrogen (secondary N) is 2. The highest BCUT2D eigenvalue weighted by molar-refractivity contribution is 7.18. The van der Waals surface area contributed by atoms with E-state index in [2.05, 4.69) is 15.6 Å². The van der Waals surface area contributed by atoms with E-state index in [0.29, 0.717) is 23.3 Å². The van der Waals surface area contributed by atoms with E-state index in [0.717, 1.165) is 24.6 Å². The molecule has 2 aliphatic rings. The smallest absolute Gasteiger partial charge is 0.265 e. The first-order valence-corrected chi connectivity index (χ1v) is 7.96. The first kappa shape index (κ1) is 13.6. The van der Waals surface area contributed by atoms with Gasteiger partial charge in [0.1, 0.15) is 10.7 Å². The summed E-state index contributed by atoms with van der Waals surface area (Å²) in [5, 5.41) is 6.89. The largest absolute Gasteiger partial charge is 0.382 e. The lowest BCUT2D eigenvalue weighted by molar-refractivity contribution is 0.0169. The van der Waals surface area contributed by atoms with Gasteiger partial charge >= 0.3 is 0 Å². The molecule has 6 nitrogen and oxygen atoms in total. The Hall–Kier alpha value is -1.34. The molecule has 1 atom stereocenters. The van der Waals surface area contributed by atoms with Gasteiger partial charge in [-0.1, -0.05) is 11.3 Å². The summed E-state index contributed by atoms with van der Waals surface area (Å²) in [4.78, 5) is 16.8. The van der Waals surface area contributed by atoms with Crippen LogP contribution in [0.3, 0.4) is 0 Å². The SMILES string of the molecule is Nc1nc(NC2CC2)sc1C(=O)NCC1CCCCO1. The highest BCUT2D eigenvalue weighted by atomic mass is 32.1. The fraction of sp³-hybridized carbons (Fsp3) is 0.692. The maximum atomic E-state index is 12.1. The number of nitrogens with zero attached hydrogens (tertiary/aromatic N) is 1. The highest BCUT2D eigenvalue weighted by Crippen LogP contribution is 2.30. The van der Waals surface area contributed by atoms with Gasteiger partial charge < -0.3 is 21.1 Å². The maximum Gasteiger partial charge on any atom is 0.265 e. The van der Waals surface area contributed by atoms with E-state index < -0.39 is 0 Å². The van der Waals surface area contributed by atoms with Crippen LogP contribution in [-0.4, -0.2) is 36.2 Å². The van der Waals surface area contributed by atoms with Crippen LogP contribution in [0.4, 0.5) is 10.9 Å². The number of nitrogens with two attached hydrogens (primary N) is 1. The van der Waals surface area contributed by atoms with Gasteiger partial charge in [0, 0.05) is 19.2 Å². The fourth-order valence-electron chi connectivity index (χ4n) is 2.21. The van der Waals surface area contributed by atoms with Crippen molar-refractivity contribution in [3.63, 3.8) is 0 Å². The van der Waals surface area contributed by atoms with Crippen LogP contribution in [0.15, 0.2) is 0 Å². The molecule has 1 aliphatic heterocycles. The van der Waals surface area contributed by atoms with Crippen molar-refractivity contribution in [1.29, 1.82) is 0 Å². The number of carbonyl (C=O) groups excluding carboxylic acids is 1. The van der Waals surface area contributed by atoms with E-state index in [-0.39, 0.29) is 12.0 Å². The van der Waals surface area contributed by atoms with E-state index in [9.17, 15) is 4.79 Å². The first-order valence-electron chi connectivity index (χ1n) is 7.15. The number of amides is 1. The fourth-order valence-corrected chi connectivity index (χ4v) is 3.09. The number of nitrogen functional groups attached to an aromatic ring is 1. The van der Waals surface area contributed by atoms with E-state index in [1.54, 1.807) is 0 Å². The lowest BCUT2D eigenvalue weighted by Gasteiger charge is -2.22. The Kier molecular flexibility index (Phi) is 4.07. The maximum absolute atomic E-state index is 12.1. The second-order valence-electron chi connectivity index (χ2n) is 5.35. The van der Waals surface area contributed by atoms with Gasteiger partial charge in [0.05, 0.1) is 6.10 Å². The molecule has 2 heterocycles. The Balaban J connectivity index is 1.54. The number of rotatable bonds is 5. The molecule has 3 rings (SSSR count). The molecular formula is C13H20N4O2S. The molecular weight excluding hydrogens is 276 g/mol. The molecule has 0 aromatic carbocycles. The van der Waals surface area contributed by atoms with E-state index in [4.69, 9.17) is 10.5 Å². The first-order chi connectivity index (χ1) is 9.72.